The summed E-state index contributed by atoms with van der Waals surface area (Å²) in [6.07, 6.45) is 48.4. The van der Waals surface area contributed by atoms with E-state index in [0.29, 0.717) is 11.1 Å². The fraction of sp³-hybridized carbons (Fsp3) is 0.358. The van der Waals surface area contributed by atoms with E-state index in [1.165, 1.54) is 306 Å². The van der Waals surface area contributed by atoms with Crippen LogP contribution in [0.3, 0.4) is 0 Å². The van der Waals surface area contributed by atoms with Gasteiger partial charge in [-0.25, -0.2) is 0 Å². The van der Waals surface area contributed by atoms with Crippen LogP contribution >= 0.6 is 0 Å². The summed E-state index contributed by atoms with van der Waals surface area (Å²) in [6.45, 7) is 17.0. The Morgan fingerprint density at radius 1 is 0.361 bits per heavy atom. The maximum atomic E-state index is 12.0. The predicted octanol–water partition coefficient (Wildman–Crippen LogP) is 25.9. The Balaban J connectivity index is 0.000000371. The Labute approximate surface area is 783 Å². The van der Waals surface area contributed by atoms with Gasteiger partial charge in [-0.05, 0) is 140 Å². The molecule has 657 valence electrons. The molecule has 4 heterocycles. The number of ketones is 4. The molecule has 4 aliphatic rings. The summed E-state index contributed by atoms with van der Waals surface area (Å²) < 4.78 is 0. The molecule has 0 saturated heterocycles. The average Bonchev–Trinajstić information content (AvgIpc) is 0.796. The SMILES string of the molecule is CC(=O)C=C(C)O.CC(=O)C=C(C)O.CC(=O)C=C(C)O.CCCCCCCCc1c[c-]c(-c2ccccn2)c2c1CCCC2.CCCCCCc1ccc(-c2[c-]ccc3c2CCCC3)nc1.Cc1ccc(C(=O)C=C(O)c2ccc(C)cc2)cc1.[Ir].[Ir].[Ir].[Pt].[c-]1ccc2c(c1-c1ccccn1)CCCC2.[c-]1ccc2c(c1-c1ccccn1)CCCC2. The number of carbonyl (C=O) groups excluding carboxylic acids is 4. The van der Waals surface area contributed by atoms with Gasteiger partial charge in [-0.15, -0.1) is 139 Å². The molecule has 0 bridgehead atoms. The fourth-order valence-electron chi connectivity index (χ4n) is 14.9. The van der Waals surface area contributed by atoms with E-state index in [1.54, 1.807) is 35.4 Å². The Bertz CT molecular complexity index is 4710. The van der Waals surface area contributed by atoms with Gasteiger partial charge in [-0.1, -0.05) is 263 Å². The third kappa shape index (κ3) is 39.1. The number of aliphatic hydroxyl groups excluding tert-OH is 4. The van der Waals surface area contributed by atoms with Crippen molar-refractivity contribution in [3.8, 4) is 45.0 Å². The monoisotopic (exact) mass is 2350 g/mol. The third-order valence-electron chi connectivity index (χ3n) is 20.7. The van der Waals surface area contributed by atoms with Crippen molar-refractivity contribution < 1.29 is 121 Å². The summed E-state index contributed by atoms with van der Waals surface area (Å²) in [6, 6.07) is 66.2. The van der Waals surface area contributed by atoms with Gasteiger partial charge in [0.2, 0.25) is 0 Å². The van der Waals surface area contributed by atoms with Gasteiger partial charge in [0, 0.05) is 142 Å². The number of aliphatic hydroxyl groups is 4. The van der Waals surface area contributed by atoms with Crippen molar-refractivity contribution in [2.75, 3.05) is 0 Å². The molecule has 3 radical (unpaired) electrons. The molecule has 10 aromatic rings. The number of carbonyl (C=O) groups is 4. The van der Waals surface area contributed by atoms with Crippen molar-refractivity contribution in [3.63, 3.8) is 0 Å². The number of aryl methyl sites for hydroxylation is 7. The molecule has 4 aliphatic carbocycles. The normalized spacial score (nSPS) is 12.7. The molecule has 0 unspecified atom stereocenters. The molecule has 122 heavy (non-hydrogen) atoms. The van der Waals surface area contributed by atoms with Crippen LogP contribution in [0.5, 0.6) is 0 Å². The first-order valence-electron chi connectivity index (χ1n) is 42.7. The van der Waals surface area contributed by atoms with Gasteiger partial charge in [-0.2, -0.15) is 0 Å². The molecule has 0 fully saturated rings. The molecule has 6 aromatic carbocycles. The van der Waals surface area contributed by atoms with Gasteiger partial charge in [0.05, 0.1) is 17.3 Å². The minimum Gasteiger partial charge on any atom is -0.512 e. The zero-order chi connectivity index (χ0) is 84.8. The van der Waals surface area contributed by atoms with Crippen molar-refractivity contribution in [1.29, 1.82) is 0 Å². The third-order valence-corrected chi connectivity index (χ3v) is 20.7. The van der Waals surface area contributed by atoms with Crippen molar-refractivity contribution in [2.45, 2.75) is 249 Å². The van der Waals surface area contributed by atoms with Crippen LogP contribution < -0.4 is 0 Å². The first-order chi connectivity index (χ1) is 57.1. The van der Waals surface area contributed by atoms with E-state index < -0.39 is 0 Å². The number of pyridine rings is 4. The summed E-state index contributed by atoms with van der Waals surface area (Å²) in [5.74, 6) is -0.392. The number of nitrogens with zero attached hydrogens (tertiary/aromatic N) is 4. The largest absolute Gasteiger partial charge is 0.512 e. The van der Waals surface area contributed by atoms with Crippen LogP contribution in [0.2, 0.25) is 0 Å². The van der Waals surface area contributed by atoms with Crippen molar-refractivity contribution in [2.24, 2.45) is 0 Å². The number of aromatic nitrogens is 4. The number of allylic oxidation sites excluding steroid dienone is 7. The van der Waals surface area contributed by atoms with Crippen LogP contribution in [0.1, 0.15) is 254 Å². The second-order valence-electron chi connectivity index (χ2n) is 30.9. The van der Waals surface area contributed by atoms with Crippen molar-refractivity contribution in [1.82, 2.24) is 19.9 Å². The van der Waals surface area contributed by atoms with Crippen LogP contribution in [0.4, 0.5) is 0 Å². The van der Waals surface area contributed by atoms with Crippen LogP contribution in [-0.2, 0) is 160 Å². The molecule has 16 heteroatoms. The molecular weight excluding hydrogens is 2230 g/mol. The van der Waals surface area contributed by atoms with Gasteiger partial charge >= 0.3 is 0 Å². The molecular formula is C106H124Ir3N4O8Pt-4. The fourth-order valence-corrected chi connectivity index (χ4v) is 14.9. The molecule has 4 N–H and O–H groups in total. The number of hydrogen-bond donors (Lipinski definition) is 4. The summed E-state index contributed by atoms with van der Waals surface area (Å²) >= 11 is 0. The van der Waals surface area contributed by atoms with E-state index in [1.807, 2.05) is 99.2 Å². The summed E-state index contributed by atoms with van der Waals surface area (Å²) in [5.41, 5.74) is 27.6. The zero-order valence-corrected chi connectivity index (χ0v) is 82.4. The Morgan fingerprint density at radius 3 is 1.07 bits per heavy atom. The van der Waals surface area contributed by atoms with Crippen LogP contribution in [-0.4, -0.2) is 63.5 Å². The second-order valence-corrected chi connectivity index (χ2v) is 30.9. The van der Waals surface area contributed by atoms with Gasteiger partial charge in [0.1, 0.15) is 5.76 Å². The van der Waals surface area contributed by atoms with E-state index >= 15 is 0 Å². The molecule has 0 aliphatic heterocycles. The summed E-state index contributed by atoms with van der Waals surface area (Å²) in [4.78, 5) is 60.2. The number of benzene rings is 6. The number of hydrogen-bond acceptors (Lipinski definition) is 12. The van der Waals surface area contributed by atoms with E-state index in [9.17, 15) is 24.3 Å². The average molecular weight is 2350 g/mol. The zero-order valence-electron chi connectivity index (χ0n) is 73.0. The van der Waals surface area contributed by atoms with Crippen LogP contribution in [0, 0.1) is 38.1 Å². The van der Waals surface area contributed by atoms with Crippen molar-refractivity contribution >= 4 is 28.9 Å². The number of unbranched alkanes of at least 4 members (excludes halogenated alkanes) is 8. The topological polar surface area (TPSA) is 201 Å². The number of rotatable bonds is 22. The van der Waals surface area contributed by atoms with Gasteiger partial charge in [-0.3, -0.25) is 19.2 Å². The van der Waals surface area contributed by atoms with E-state index in [-0.39, 0.29) is 128 Å². The second kappa shape index (κ2) is 60.9. The van der Waals surface area contributed by atoms with Gasteiger partial charge in [0.15, 0.2) is 23.1 Å². The van der Waals surface area contributed by atoms with E-state index in [0.717, 1.165) is 40.3 Å². The predicted molar refractivity (Wildman–Crippen MR) is 484 cm³/mol. The maximum absolute atomic E-state index is 12.0. The van der Waals surface area contributed by atoms with E-state index in [4.69, 9.17) is 20.3 Å². The standard InChI is InChI=1S/C23H30N.C21H26N.C17H16O2.2C15H14N.3C5H8O2.3Ir.Pt/c1-2-3-4-5-6-7-12-19-16-17-22(23-15-10-11-18-24-23)21-14-9-8-13-20(19)21;1-2-3-4-5-9-17-14-15-21(22-16-17)20-13-8-11-18-10-6-7-12-19(18)20;1-12-3-7-14(8-4-12)16(18)11-17(19)15-9-5-13(2)6-10-15;2*1-2-8-13-12(6-1)7-5-9-14(13)15-10-3-4-11-16-15;3*1-4(6)3-5(2)7;;;;/h10-11,15-16,18H,2-9,12-14H2,1H3;8,11,14-16H,2-7,9-10,12H2,1H3;3-11,18H,1-2H3;2*3-5,7,10-11H,1-2,6,8H2;3*3,6H,1-2H3;;;;/q2*-1;;2*-1;;;;;;;. The first-order valence-corrected chi connectivity index (χ1v) is 42.7. The van der Waals surface area contributed by atoms with Crippen molar-refractivity contribution in [3.05, 3.63) is 326 Å². The Kier molecular flexibility index (Phi) is 53.7. The Hall–Kier alpha value is -8.60. The Morgan fingerprint density at radius 2 is 0.705 bits per heavy atom. The minimum absolute atomic E-state index is 0. The molecule has 0 saturated carbocycles. The number of fused-ring (bicyclic) bond motifs is 4. The van der Waals surface area contributed by atoms with Crippen LogP contribution in [0.15, 0.2) is 224 Å². The summed E-state index contributed by atoms with van der Waals surface area (Å²) in [5, 5.41) is 35.0. The molecule has 0 spiro atoms. The van der Waals surface area contributed by atoms with Gasteiger partial charge in [0.25, 0.3) is 0 Å². The van der Waals surface area contributed by atoms with Crippen LogP contribution in [0.25, 0.3) is 50.8 Å². The minimum atomic E-state index is -0.196. The molecule has 12 nitrogen and oxygen atoms in total. The van der Waals surface area contributed by atoms with E-state index in [2.05, 4.69) is 126 Å². The maximum Gasteiger partial charge on any atom is 0.189 e. The molecule has 0 amide bonds. The molecule has 4 aromatic heterocycles. The first kappa shape index (κ1) is 108. The summed E-state index contributed by atoms with van der Waals surface area (Å²) in [7, 11) is 0. The molecule has 0 atom stereocenters. The quantitative estimate of drug-likeness (QED) is 0.0165. The molecule has 14 rings (SSSR count). The smallest absolute Gasteiger partial charge is 0.189 e. The van der Waals surface area contributed by atoms with Gasteiger partial charge < -0.3 is 40.4 Å².